The Balaban J connectivity index is 1.68. The second-order valence-corrected chi connectivity index (χ2v) is 9.49. The maximum absolute atomic E-state index is 13.5. The van der Waals surface area contributed by atoms with Crippen molar-refractivity contribution in [1.82, 2.24) is 9.80 Å². The fraction of sp³-hybridized carbons (Fsp3) is 0.500. The van der Waals surface area contributed by atoms with Crippen LogP contribution in [0.1, 0.15) is 22.0 Å². The summed E-state index contributed by atoms with van der Waals surface area (Å²) in [4.78, 5) is 18.6. The molecular weight excluding hydrogens is 452 g/mol. The van der Waals surface area contributed by atoms with Gasteiger partial charge in [0.15, 0.2) is 0 Å². The molecule has 2 atom stereocenters. The van der Waals surface area contributed by atoms with Gasteiger partial charge in [0.05, 0.1) is 38.5 Å². The van der Waals surface area contributed by atoms with E-state index in [-0.39, 0.29) is 25.1 Å². The number of nitrogens with zero attached hydrogens (tertiary/aromatic N) is 2. The Hall–Kier alpha value is -2.23. The molecule has 1 aliphatic rings. The maximum atomic E-state index is 13.5. The van der Waals surface area contributed by atoms with Crippen molar-refractivity contribution in [2.24, 2.45) is 0 Å². The van der Waals surface area contributed by atoms with E-state index in [2.05, 4.69) is 18.0 Å². The van der Waals surface area contributed by atoms with Crippen molar-refractivity contribution < 1.29 is 24.1 Å². The van der Waals surface area contributed by atoms with Gasteiger partial charge in [0, 0.05) is 31.6 Å². The first-order valence-electron chi connectivity index (χ1n) is 11.6. The minimum atomic E-state index is -0.699. The Kier molecular flexibility index (Phi) is 10.6. The van der Waals surface area contributed by atoms with Gasteiger partial charge in [0.1, 0.15) is 12.4 Å². The molecule has 0 aliphatic carbocycles. The number of thiophene rings is 1. The molecule has 7 nitrogen and oxygen atoms in total. The van der Waals surface area contributed by atoms with E-state index < -0.39 is 6.10 Å². The predicted octanol–water partition coefficient (Wildman–Crippen LogP) is 3.07. The number of ether oxygens (including phenoxy) is 3. The molecule has 186 valence electrons. The summed E-state index contributed by atoms with van der Waals surface area (Å²) >= 11 is 1.74. The van der Waals surface area contributed by atoms with Crippen LogP contribution in [0.2, 0.25) is 0 Å². The number of carbonyl (C=O) groups excluding carboxylic acids is 1. The molecule has 0 fully saturated rings. The standard InChI is InChI=1S/C26H36N2O5S/c1-4-12-32-18-21(29)16-27(11-13-31-3)17-26(30)28-10-8-25-23(9-14-34-25)24(28)19-33-22-7-5-6-20(2)15-22/h4-7,9,14-15,21,24,29H,1,8,10-13,16-19H2,2-3H3. The minimum absolute atomic E-state index is 0.0185. The quantitative estimate of drug-likeness (QED) is 0.326. The molecule has 0 spiro atoms. The number of fused-ring (bicyclic) bond motifs is 1. The molecule has 34 heavy (non-hydrogen) atoms. The lowest BCUT2D eigenvalue weighted by Gasteiger charge is -2.37. The van der Waals surface area contributed by atoms with Crippen molar-refractivity contribution in [3.05, 3.63) is 64.4 Å². The number of methoxy groups -OCH3 is 1. The number of aliphatic hydroxyl groups is 1. The molecule has 1 aromatic heterocycles. The van der Waals surface area contributed by atoms with Crippen molar-refractivity contribution in [3.63, 3.8) is 0 Å². The monoisotopic (exact) mass is 488 g/mol. The molecule has 1 aliphatic heterocycles. The Bertz CT molecular complexity index is 918. The summed E-state index contributed by atoms with van der Waals surface area (Å²) in [5, 5.41) is 12.5. The zero-order valence-electron chi connectivity index (χ0n) is 20.2. The lowest BCUT2D eigenvalue weighted by molar-refractivity contribution is -0.136. The minimum Gasteiger partial charge on any atom is -0.491 e. The average molecular weight is 489 g/mol. The Labute approximate surface area is 206 Å². The number of aryl methyl sites for hydroxylation is 1. The molecule has 1 aromatic carbocycles. The van der Waals surface area contributed by atoms with Crippen LogP contribution >= 0.6 is 11.3 Å². The van der Waals surface area contributed by atoms with Gasteiger partial charge in [0.2, 0.25) is 5.91 Å². The van der Waals surface area contributed by atoms with Crippen LogP contribution in [0.3, 0.4) is 0 Å². The van der Waals surface area contributed by atoms with Crippen molar-refractivity contribution in [2.45, 2.75) is 25.5 Å². The predicted molar refractivity (Wildman–Crippen MR) is 134 cm³/mol. The topological polar surface area (TPSA) is 71.5 Å². The van der Waals surface area contributed by atoms with E-state index in [1.807, 2.05) is 41.0 Å². The van der Waals surface area contributed by atoms with Crippen LogP contribution in [-0.4, -0.2) is 86.6 Å². The normalized spacial score (nSPS) is 16.4. The zero-order valence-corrected chi connectivity index (χ0v) is 21.0. The van der Waals surface area contributed by atoms with Gasteiger partial charge in [-0.3, -0.25) is 9.69 Å². The number of aliphatic hydroxyl groups excluding tert-OH is 1. The highest BCUT2D eigenvalue weighted by Crippen LogP contribution is 2.34. The Morgan fingerprint density at radius 3 is 3.03 bits per heavy atom. The van der Waals surface area contributed by atoms with Crippen LogP contribution in [-0.2, 0) is 20.7 Å². The van der Waals surface area contributed by atoms with Crippen molar-refractivity contribution in [2.75, 3.05) is 59.7 Å². The van der Waals surface area contributed by atoms with Crippen LogP contribution in [0.15, 0.2) is 48.4 Å². The molecule has 2 unspecified atom stereocenters. The summed E-state index contributed by atoms with van der Waals surface area (Å²) in [5.74, 6) is 0.823. The number of rotatable bonds is 14. The molecule has 3 rings (SSSR count). The molecule has 2 heterocycles. The summed E-state index contributed by atoms with van der Waals surface area (Å²) in [6.45, 7) is 8.81. The van der Waals surface area contributed by atoms with Gasteiger partial charge in [-0.05, 0) is 48.1 Å². The first-order valence-corrected chi connectivity index (χ1v) is 12.5. The molecule has 0 bridgehead atoms. The first-order chi connectivity index (χ1) is 16.5. The highest BCUT2D eigenvalue weighted by molar-refractivity contribution is 7.10. The number of benzene rings is 1. The lowest BCUT2D eigenvalue weighted by atomic mass is 10.0. The SMILES string of the molecule is C=CCOCC(O)CN(CCOC)CC(=O)N1CCc2sccc2C1COc1cccc(C)c1. The highest BCUT2D eigenvalue weighted by atomic mass is 32.1. The van der Waals surface area contributed by atoms with E-state index in [0.29, 0.717) is 39.5 Å². The summed E-state index contributed by atoms with van der Waals surface area (Å²) in [6, 6.07) is 9.92. The van der Waals surface area contributed by atoms with Gasteiger partial charge >= 0.3 is 0 Å². The van der Waals surface area contributed by atoms with Crippen molar-refractivity contribution in [3.8, 4) is 5.75 Å². The molecule has 1 N–H and O–H groups in total. The summed E-state index contributed by atoms with van der Waals surface area (Å²) in [7, 11) is 1.63. The number of hydrogen-bond acceptors (Lipinski definition) is 7. The third-order valence-electron chi connectivity index (χ3n) is 5.80. The van der Waals surface area contributed by atoms with Gasteiger partial charge < -0.3 is 24.2 Å². The smallest absolute Gasteiger partial charge is 0.237 e. The molecular formula is C26H36N2O5S. The van der Waals surface area contributed by atoms with Gasteiger partial charge in [-0.25, -0.2) is 0 Å². The Morgan fingerprint density at radius 1 is 1.41 bits per heavy atom. The highest BCUT2D eigenvalue weighted by Gasteiger charge is 2.33. The number of carbonyl (C=O) groups is 1. The van der Waals surface area contributed by atoms with E-state index in [9.17, 15) is 9.90 Å². The van der Waals surface area contributed by atoms with E-state index in [4.69, 9.17) is 14.2 Å². The molecule has 1 amide bonds. The second kappa shape index (κ2) is 13.6. The maximum Gasteiger partial charge on any atom is 0.237 e. The van der Waals surface area contributed by atoms with Gasteiger partial charge in [-0.2, -0.15) is 0 Å². The third-order valence-corrected chi connectivity index (χ3v) is 6.79. The number of hydrogen-bond donors (Lipinski definition) is 1. The molecule has 2 aromatic rings. The van der Waals surface area contributed by atoms with E-state index in [1.165, 1.54) is 10.4 Å². The van der Waals surface area contributed by atoms with Crippen LogP contribution in [0.25, 0.3) is 0 Å². The largest absolute Gasteiger partial charge is 0.491 e. The van der Waals surface area contributed by atoms with E-state index in [0.717, 1.165) is 17.7 Å². The summed E-state index contributed by atoms with van der Waals surface area (Å²) in [5.41, 5.74) is 2.30. The molecule has 0 saturated carbocycles. The molecule has 0 radical (unpaired) electrons. The summed E-state index contributed by atoms with van der Waals surface area (Å²) in [6.07, 6.45) is 1.79. The van der Waals surface area contributed by atoms with E-state index in [1.54, 1.807) is 24.5 Å². The lowest BCUT2D eigenvalue weighted by Crippen LogP contribution is -2.48. The van der Waals surface area contributed by atoms with Gasteiger partial charge in [-0.15, -0.1) is 17.9 Å². The summed E-state index contributed by atoms with van der Waals surface area (Å²) < 4.78 is 16.7. The van der Waals surface area contributed by atoms with Crippen LogP contribution < -0.4 is 4.74 Å². The molecule has 8 heteroatoms. The van der Waals surface area contributed by atoms with Crippen LogP contribution in [0.4, 0.5) is 0 Å². The second-order valence-electron chi connectivity index (χ2n) is 8.49. The third kappa shape index (κ3) is 7.65. The van der Waals surface area contributed by atoms with Crippen LogP contribution in [0, 0.1) is 6.92 Å². The fourth-order valence-electron chi connectivity index (χ4n) is 4.13. The average Bonchev–Trinajstić information content (AvgIpc) is 3.30. The van der Waals surface area contributed by atoms with Crippen molar-refractivity contribution in [1.29, 1.82) is 0 Å². The van der Waals surface area contributed by atoms with Gasteiger partial charge in [-0.1, -0.05) is 18.2 Å². The number of amides is 1. The van der Waals surface area contributed by atoms with Gasteiger partial charge in [0.25, 0.3) is 0 Å². The van der Waals surface area contributed by atoms with E-state index >= 15 is 0 Å². The Morgan fingerprint density at radius 2 is 2.26 bits per heavy atom. The first kappa shape index (κ1) is 26.4. The van der Waals surface area contributed by atoms with Crippen LogP contribution in [0.5, 0.6) is 5.75 Å². The molecule has 0 saturated heterocycles. The fourth-order valence-corrected chi connectivity index (χ4v) is 5.06. The zero-order chi connectivity index (χ0) is 24.3. The van der Waals surface area contributed by atoms with Crippen molar-refractivity contribution >= 4 is 17.2 Å².